The highest BCUT2D eigenvalue weighted by Gasteiger charge is 2.41. The Kier molecular flexibility index (Phi) is 10.3. The average molecular weight is 496 g/mol. The van der Waals surface area contributed by atoms with Gasteiger partial charge in [-0.3, -0.25) is 10.1 Å². The third kappa shape index (κ3) is 8.95. The van der Waals surface area contributed by atoms with Gasteiger partial charge in [0.2, 0.25) is 5.91 Å². The second kappa shape index (κ2) is 13.4. The number of amides is 2. The minimum Gasteiger partial charge on any atom is -0.445 e. The Balaban J connectivity index is 1.42. The largest absolute Gasteiger partial charge is 0.445 e. The molecular weight excluding hydrogens is 454 g/mol. The molecule has 0 radical (unpaired) electrons. The Morgan fingerprint density at radius 1 is 0.972 bits per heavy atom. The fraction of sp³-hybridized carbons (Fsp3) is 0.517. The molecule has 3 rings (SSSR count). The number of carbonyl (C=O) groups excluding carboxylic acids is 2. The first-order valence-corrected chi connectivity index (χ1v) is 12.9. The third-order valence-corrected chi connectivity index (χ3v) is 6.49. The van der Waals surface area contributed by atoms with Crippen molar-refractivity contribution in [3.05, 3.63) is 71.8 Å². The molecule has 36 heavy (non-hydrogen) atoms. The second-order valence-corrected chi connectivity index (χ2v) is 10.3. The highest BCUT2D eigenvalue weighted by atomic mass is 16.5. The van der Waals surface area contributed by atoms with Crippen LogP contribution in [0.5, 0.6) is 0 Å². The molecule has 196 valence electrons. The quantitative estimate of drug-likeness (QED) is 0.380. The van der Waals surface area contributed by atoms with Crippen molar-refractivity contribution in [2.24, 2.45) is 11.8 Å². The van der Waals surface area contributed by atoms with Crippen LogP contribution in [0, 0.1) is 11.8 Å². The molecule has 2 aromatic carbocycles. The summed E-state index contributed by atoms with van der Waals surface area (Å²) in [6.45, 7) is 9.38. The summed E-state index contributed by atoms with van der Waals surface area (Å²) >= 11 is 0. The standard InChI is InChI=1S/C29H41N3O4/c1-21(2)24(19-26-25(32-29(3,4)36-26)18-22-12-7-5-8-13-22)27(33)30-16-11-17-31-28(34)35-20-23-14-9-6-10-15-23/h5-10,12-15,21,24-26,32H,11,16-20H2,1-4H3,(H,30,33)(H,31,34)/t24-,25-,26-/m0/s1. The van der Waals surface area contributed by atoms with Gasteiger partial charge in [0, 0.05) is 25.0 Å². The van der Waals surface area contributed by atoms with E-state index in [1.807, 2.05) is 62.4 Å². The molecule has 7 heteroatoms. The van der Waals surface area contributed by atoms with Crippen LogP contribution in [-0.2, 0) is 27.3 Å². The van der Waals surface area contributed by atoms with E-state index in [1.165, 1.54) is 5.56 Å². The van der Waals surface area contributed by atoms with Crippen LogP contribution in [0.4, 0.5) is 4.79 Å². The van der Waals surface area contributed by atoms with Crippen LogP contribution in [0.25, 0.3) is 0 Å². The minimum absolute atomic E-state index is 0.0309. The molecule has 2 aromatic rings. The Labute approximate surface area is 215 Å². The van der Waals surface area contributed by atoms with Crippen molar-refractivity contribution >= 4 is 12.0 Å². The predicted octanol–water partition coefficient (Wildman–Crippen LogP) is 4.42. The molecule has 7 nitrogen and oxygen atoms in total. The summed E-state index contributed by atoms with van der Waals surface area (Å²) in [4.78, 5) is 24.9. The van der Waals surface area contributed by atoms with Gasteiger partial charge in [0.15, 0.2) is 0 Å². The van der Waals surface area contributed by atoms with Gasteiger partial charge in [-0.1, -0.05) is 74.5 Å². The number of benzene rings is 2. The molecule has 0 aliphatic carbocycles. The smallest absolute Gasteiger partial charge is 0.407 e. The molecule has 0 aromatic heterocycles. The van der Waals surface area contributed by atoms with E-state index in [9.17, 15) is 9.59 Å². The summed E-state index contributed by atoms with van der Waals surface area (Å²) in [6.07, 6.45) is 1.62. The zero-order chi connectivity index (χ0) is 26.0. The first kappa shape index (κ1) is 27.7. The number of hydrogen-bond acceptors (Lipinski definition) is 5. The number of ether oxygens (including phenoxy) is 2. The van der Waals surface area contributed by atoms with E-state index in [-0.39, 0.29) is 36.5 Å². The lowest BCUT2D eigenvalue weighted by Gasteiger charge is -2.26. The molecule has 0 bridgehead atoms. The van der Waals surface area contributed by atoms with Gasteiger partial charge in [0.05, 0.1) is 6.10 Å². The monoisotopic (exact) mass is 495 g/mol. The molecule has 3 atom stereocenters. The van der Waals surface area contributed by atoms with Gasteiger partial charge in [-0.25, -0.2) is 4.79 Å². The summed E-state index contributed by atoms with van der Waals surface area (Å²) in [6, 6.07) is 20.1. The van der Waals surface area contributed by atoms with Gasteiger partial charge in [-0.15, -0.1) is 0 Å². The van der Waals surface area contributed by atoms with Crippen molar-refractivity contribution in [2.75, 3.05) is 13.1 Å². The molecular formula is C29H41N3O4. The normalized spacial score (nSPS) is 19.6. The second-order valence-electron chi connectivity index (χ2n) is 10.3. The first-order chi connectivity index (χ1) is 17.2. The molecule has 0 saturated carbocycles. The molecule has 1 aliphatic heterocycles. The number of alkyl carbamates (subject to hydrolysis) is 1. The maximum atomic E-state index is 13.1. The average Bonchev–Trinajstić information content (AvgIpc) is 3.14. The third-order valence-electron chi connectivity index (χ3n) is 6.49. The fourth-order valence-corrected chi connectivity index (χ4v) is 4.62. The lowest BCUT2D eigenvalue weighted by molar-refractivity contribution is -0.128. The fourth-order valence-electron chi connectivity index (χ4n) is 4.62. The topological polar surface area (TPSA) is 88.7 Å². The minimum atomic E-state index is -0.455. The number of hydrogen-bond donors (Lipinski definition) is 3. The van der Waals surface area contributed by atoms with Crippen molar-refractivity contribution in [1.29, 1.82) is 0 Å². The molecule has 0 spiro atoms. The van der Waals surface area contributed by atoms with Crippen molar-refractivity contribution in [2.45, 2.75) is 71.4 Å². The lowest BCUT2D eigenvalue weighted by atomic mass is 9.86. The molecule has 1 heterocycles. The molecule has 1 saturated heterocycles. The zero-order valence-corrected chi connectivity index (χ0v) is 22.0. The molecule has 3 N–H and O–H groups in total. The van der Waals surface area contributed by atoms with E-state index in [4.69, 9.17) is 9.47 Å². The van der Waals surface area contributed by atoms with E-state index >= 15 is 0 Å². The molecule has 1 aliphatic rings. The SMILES string of the molecule is CC(C)[C@H](C[C@@H]1OC(C)(C)N[C@H]1Cc1ccccc1)C(=O)NCCCNC(=O)OCc1ccccc1. The van der Waals surface area contributed by atoms with Gasteiger partial charge in [0.1, 0.15) is 12.3 Å². The lowest BCUT2D eigenvalue weighted by Crippen LogP contribution is -2.42. The van der Waals surface area contributed by atoms with Crippen LogP contribution in [-0.4, -0.2) is 43.0 Å². The van der Waals surface area contributed by atoms with Gasteiger partial charge >= 0.3 is 6.09 Å². The van der Waals surface area contributed by atoms with E-state index in [1.54, 1.807) is 0 Å². The highest BCUT2D eigenvalue weighted by Crippen LogP contribution is 2.30. The molecule has 1 fully saturated rings. The van der Waals surface area contributed by atoms with E-state index in [2.05, 4.69) is 41.9 Å². The Bertz CT molecular complexity index is 950. The van der Waals surface area contributed by atoms with Gasteiger partial charge in [-0.05, 0) is 50.2 Å². The Morgan fingerprint density at radius 3 is 2.22 bits per heavy atom. The maximum absolute atomic E-state index is 13.1. The van der Waals surface area contributed by atoms with Crippen LogP contribution >= 0.6 is 0 Å². The number of rotatable bonds is 12. The van der Waals surface area contributed by atoms with Crippen LogP contribution in [0.1, 0.15) is 51.7 Å². The molecule has 2 amide bonds. The van der Waals surface area contributed by atoms with Gasteiger partial charge < -0.3 is 20.1 Å². The van der Waals surface area contributed by atoms with Gasteiger partial charge in [-0.2, -0.15) is 0 Å². The van der Waals surface area contributed by atoms with Crippen LogP contribution in [0.3, 0.4) is 0 Å². The number of carbonyl (C=O) groups is 2. The Morgan fingerprint density at radius 2 is 1.58 bits per heavy atom. The van der Waals surface area contributed by atoms with E-state index in [0.29, 0.717) is 25.9 Å². The summed E-state index contributed by atoms with van der Waals surface area (Å²) in [7, 11) is 0. The number of nitrogens with one attached hydrogen (secondary N) is 3. The van der Waals surface area contributed by atoms with Crippen LogP contribution < -0.4 is 16.0 Å². The maximum Gasteiger partial charge on any atom is 0.407 e. The summed E-state index contributed by atoms with van der Waals surface area (Å²) < 4.78 is 11.5. The highest BCUT2D eigenvalue weighted by molar-refractivity contribution is 5.78. The summed E-state index contributed by atoms with van der Waals surface area (Å²) in [5.74, 6) is 0.0527. The van der Waals surface area contributed by atoms with Crippen molar-refractivity contribution < 1.29 is 19.1 Å². The predicted molar refractivity (Wildman–Crippen MR) is 141 cm³/mol. The van der Waals surface area contributed by atoms with E-state index < -0.39 is 11.8 Å². The van der Waals surface area contributed by atoms with E-state index in [0.717, 1.165) is 12.0 Å². The van der Waals surface area contributed by atoms with Crippen LogP contribution in [0.15, 0.2) is 60.7 Å². The summed E-state index contributed by atoms with van der Waals surface area (Å²) in [5.41, 5.74) is 1.76. The van der Waals surface area contributed by atoms with Gasteiger partial charge in [0.25, 0.3) is 0 Å². The summed E-state index contributed by atoms with van der Waals surface area (Å²) in [5, 5.41) is 9.38. The first-order valence-electron chi connectivity index (χ1n) is 12.9. The Hall–Kier alpha value is -2.90. The van der Waals surface area contributed by atoms with Crippen molar-refractivity contribution in [3.63, 3.8) is 0 Å². The van der Waals surface area contributed by atoms with Crippen molar-refractivity contribution in [1.82, 2.24) is 16.0 Å². The zero-order valence-electron chi connectivity index (χ0n) is 22.0. The molecule has 0 unspecified atom stereocenters. The van der Waals surface area contributed by atoms with Crippen molar-refractivity contribution in [3.8, 4) is 0 Å². The van der Waals surface area contributed by atoms with Crippen LogP contribution in [0.2, 0.25) is 0 Å².